The number of nitrogens with zero attached hydrogens (tertiary/aromatic N) is 1. The molecule has 1 aliphatic heterocycles. The first-order valence-corrected chi connectivity index (χ1v) is 8.01. The minimum absolute atomic E-state index is 0.538. The second-order valence-corrected chi connectivity index (χ2v) is 6.85. The summed E-state index contributed by atoms with van der Waals surface area (Å²) in [5.74, 6) is 0.321. The highest BCUT2D eigenvalue weighted by Gasteiger charge is 2.35. The average molecular weight is 300 g/mol. The van der Waals surface area contributed by atoms with Gasteiger partial charge in [-0.25, -0.2) is 0 Å². The van der Waals surface area contributed by atoms with E-state index in [0.717, 1.165) is 35.2 Å². The van der Waals surface area contributed by atoms with E-state index in [1.807, 2.05) is 31.2 Å². The Bertz CT molecular complexity index is 681. The van der Waals surface area contributed by atoms with Crippen molar-refractivity contribution in [3.63, 3.8) is 0 Å². The topological polar surface area (TPSA) is 56.3 Å². The van der Waals surface area contributed by atoms with Crippen molar-refractivity contribution in [3.05, 3.63) is 35.5 Å². The van der Waals surface area contributed by atoms with Crippen molar-refractivity contribution in [1.82, 2.24) is 9.88 Å². The molecular weight excluding hydrogens is 276 g/mol. The number of rotatable bonds is 3. The largest absolute Gasteiger partial charge is 0.480 e. The number of aromatic nitrogens is 1. The molecule has 2 aromatic rings. The number of carbonyl (C=O) groups is 1. The quantitative estimate of drug-likeness (QED) is 0.911. The minimum Gasteiger partial charge on any atom is -0.480 e. The van der Waals surface area contributed by atoms with Gasteiger partial charge in [0.25, 0.3) is 0 Å². The molecule has 0 unspecified atom stereocenters. The van der Waals surface area contributed by atoms with Crippen LogP contribution in [0.15, 0.2) is 24.3 Å². The molecule has 4 heteroatoms. The van der Waals surface area contributed by atoms with E-state index < -0.39 is 12.0 Å². The van der Waals surface area contributed by atoms with Gasteiger partial charge in [0.15, 0.2) is 0 Å². The summed E-state index contributed by atoms with van der Waals surface area (Å²) in [5, 5.41) is 10.9. The molecule has 1 aromatic carbocycles. The van der Waals surface area contributed by atoms with Gasteiger partial charge in [0.2, 0.25) is 0 Å². The number of carboxylic acid groups (broad SMARTS) is 1. The van der Waals surface area contributed by atoms with Gasteiger partial charge < -0.3 is 10.1 Å². The van der Waals surface area contributed by atoms with Crippen molar-refractivity contribution in [1.29, 1.82) is 0 Å². The second-order valence-electron chi connectivity index (χ2n) is 6.85. The lowest BCUT2D eigenvalue weighted by molar-refractivity contribution is -0.144. The molecule has 4 nitrogen and oxygen atoms in total. The van der Waals surface area contributed by atoms with E-state index in [2.05, 4.69) is 23.7 Å². The SMILES string of the molecule is Cc1[nH]c2ccccc2c1[C@H](C(=O)O)N1C[C@@H](C)C[C@H](C)C1. The molecule has 118 valence electrons. The maximum Gasteiger partial charge on any atom is 0.325 e. The zero-order valence-electron chi connectivity index (χ0n) is 13.5. The van der Waals surface area contributed by atoms with Crippen LogP contribution in [0.1, 0.15) is 37.6 Å². The third-order valence-corrected chi connectivity index (χ3v) is 4.71. The smallest absolute Gasteiger partial charge is 0.325 e. The van der Waals surface area contributed by atoms with Crippen LogP contribution in [0.4, 0.5) is 0 Å². The number of aliphatic carboxylic acids is 1. The van der Waals surface area contributed by atoms with Crippen molar-refractivity contribution >= 4 is 16.9 Å². The number of benzene rings is 1. The molecule has 3 atom stereocenters. The summed E-state index contributed by atoms with van der Waals surface area (Å²) in [6.45, 7) is 8.09. The van der Waals surface area contributed by atoms with E-state index in [1.54, 1.807) is 0 Å². The standard InChI is InChI=1S/C18H24N2O2/c1-11-8-12(2)10-20(9-11)17(18(21)22)16-13(3)19-15-7-5-4-6-14(15)16/h4-7,11-12,17,19H,8-10H2,1-3H3,(H,21,22)/t11-,12-,17+/m0/s1. The van der Waals surface area contributed by atoms with Crippen molar-refractivity contribution in [3.8, 4) is 0 Å². The van der Waals surface area contributed by atoms with Crippen LogP contribution in [0.5, 0.6) is 0 Å². The number of likely N-dealkylation sites (tertiary alicyclic amines) is 1. The molecule has 0 saturated carbocycles. The van der Waals surface area contributed by atoms with Gasteiger partial charge in [0, 0.05) is 35.2 Å². The van der Waals surface area contributed by atoms with Crippen molar-refractivity contribution < 1.29 is 9.90 Å². The maximum atomic E-state index is 12.1. The highest BCUT2D eigenvalue weighted by Crippen LogP contribution is 2.35. The van der Waals surface area contributed by atoms with Crippen molar-refractivity contribution in [2.24, 2.45) is 11.8 Å². The average Bonchev–Trinajstić information content (AvgIpc) is 2.74. The van der Waals surface area contributed by atoms with Crippen LogP contribution in [0.2, 0.25) is 0 Å². The number of para-hydroxylation sites is 1. The molecule has 0 radical (unpaired) electrons. The van der Waals surface area contributed by atoms with Gasteiger partial charge in [-0.3, -0.25) is 9.69 Å². The van der Waals surface area contributed by atoms with Crippen LogP contribution in [-0.2, 0) is 4.79 Å². The normalized spacial score (nSPS) is 24.5. The first-order valence-electron chi connectivity index (χ1n) is 8.01. The van der Waals surface area contributed by atoms with E-state index in [0.29, 0.717) is 11.8 Å². The molecule has 1 fully saturated rings. The maximum absolute atomic E-state index is 12.1. The van der Waals surface area contributed by atoms with Crippen LogP contribution in [0.25, 0.3) is 10.9 Å². The molecule has 3 rings (SSSR count). The lowest BCUT2D eigenvalue weighted by atomic mass is 9.89. The molecule has 0 spiro atoms. The number of nitrogens with one attached hydrogen (secondary N) is 1. The summed E-state index contributed by atoms with van der Waals surface area (Å²) >= 11 is 0. The molecule has 0 bridgehead atoms. The predicted molar refractivity (Wildman–Crippen MR) is 87.9 cm³/mol. The van der Waals surface area contributed by atoms with Gasteiger partial charge in [-0.1, -0.05) is 32.0 Å². The minimum atomic E-state index is -0.755. The summed E-state index contributed by atoms with van der Waals surface area (Å²) in [7, 11) is 0. The number of H-pyrrole nitrogens is 1. The molecule has 0 amide bonds. The van der Waals surface area contributed by atoms with E-state index in [4.69, 9.17) is 0 Å². The molecule has 2 N–H and O–H groups in total. The van der Waals surface area contributed by atoms with Crippen LogP contribution in [-0.4, -0.2) is 34.0 Å². The Morgan fingerprint density at radius 2 is 1.91 bits per heavy atom. The zero-order valence-corrected chi connectivity index (χ0v) is 13.5. The monoisotopic (exact) mass is 300 g/mol. The molecule has 1 aromatic heterocycles. The van der Waals surface area contributed by atoms with E-state index in [9.17, 15) is 9.90 Å². The Kier molecular flexibility index (Phi) is 3.96. The lowest BCUT2D eigenvalue weighted by Crippen LogP contribution is -2.43. The molecule has 22 heavy (non-hydrogen) atoms. The van der Waals surface area contributed by atoms with Crippen molar-refractivity contribution in [2.45, 2.75) is 33.2 Å². The molecule has 1 saturated heterocycles. The lowest BCUT2D eigenvalue weighted by Gasteiger charge is -2.38. The third kappa shape index (κ3) is 2.63. The first-order chi connectivity index (χ1) is 10.5. The van der Waals surface area contributed by atoms with Crippen LogP contribution >= 0.6 is 0 Å². The highest BCUT2D eigenvalue weighted by molar-refractivity contribution is 5.90. The van der Waals surface area contributed by atoms with Crippen LogP contribution in [0, 0.1) is 18.8 Å². The van der Waals surface area contributed by atoms with Crippen molar-refractivity contribution in [2.75, 3.05) is 13.1 Å². The number of hydrogen-bond acceptors (Lipinski definition) is 2. The number of aryl methyl sites for hydroxylation is 1. The Hall–Kier alpha value is -1.81. The highest BCUT2D eigenvalue weighted by atomic mass is 16.4. The van der Waals surface area contributed by atoms with E-state index in [1.165, 1.54) is 6.42 Å². The summed E-state index contributed by atoms with van der Waals surface area (Å²) in [4.78, 5) is 17.5. The van der Waals surface area contributed by atoms with Crippen LogP contribution in [0.3, 0.4) is 0 Å². The van der Waals surface area contributed by atoms with Gasteiger partial charge in [0.05, 0.1) is 0 Å². The summed E-state index contributed by atoms with van der Waals surface area (Å²) in [6.07, 6.45) is 1.18. The van der Waals surface area contributed by atoms with E-state index in [-0.39, 0.29) is 0 Å². The van der Waals surface area contributed by atoms with Gasteiger partial charge >= 0.3 is 5.97 Å². The number of carboxylic acids is 1. The zero-order chi connectivity index (χ0) is 15.9. The third-order valence-electron chi connectivity index (χ3n) is 4.71. The van der Waals surface area contributed by atoms with Gasteiger partial charge in [0.1, 0.15) is 6.04 Å². The molecule has 1 aliphatic rings. The Balaban J connectivity index is 2.07. The molecular formula is C18H24N2O2. The van der Waals surface area contributed by atoms with E-state index >= 15 is 0 Å². The number of fused-ring (bicyclic) bond motifs is 1. The Morgan fingerprint density at radius 3 is 2.55 bits per heavy atom. The molecule has 2 heterocycles. The van der Waals surface area contributed by atoms with Gasteiger partial charge in [-0.15, -0.1) is 0 Å². The number of piperidine rings is 1. The van der Waals surface area contributed by atoms with Crippen LogP contribution < -0.4 is 0 Å². The fourth-order valence-electron chi connectivity index (χ4n) is 4.03. The Labute approximate surface area is 131 Å². The summed E-state index contributed by atoms with van der Waals surface area (Å²) < 4.78 is 0. The van der Waals surface area contributed by atoms with Gasteiger partial charge in [-0.05, 0) is 31.2 Å². The first kappa shape index (κ1) is 15.1. The Morgan fingerprint density at radius 1 is 1.27 bits per heavy atom. The fourth-order valence-corrected chi connectivity index (χ4v) is 4.03. The number of hydrogen-bond donors (Lipinski definition) is 2. The van der Waals surface area contributed by atoms with Gasteiger partial charge in [-0.2, -0.15) is 0 Å². The summed E-state index contributed by atoms with van der Waals surface area (Å²) in [5.41, 5.74) is 2.89. The fraction of sp³-hybridized carbons (Fsp3) is 0.500. The molecule has 0 aliphatic carbocycles. The number of aromatic amines is 1. The second kappa shape index (κ2) is 5.76. The summed E-state index contributed by atoms with van der Waals surface area (Å²) in [6, 6.07) is 7.40. The predicted octanol–water partition coefficient (Wildman–Crippen LogP) is 3.58.